The molecule has 0 saturated carbocycles. The molecule has 0 amide bonds. The van der Waals surface area contributed by atoms with Crippen molar-refractivity contribution in [3.63, 3.8) is 0 Å². The average molecular weight is 1320 g/mol. The Balaban J connectivity index is 0.000000224. The standard InChI is InChI=1S/C24H21BrClF3N4O5.C20H14ClF3N4O4.C4H8Br2O/c1-31-20-19(21(34)32(23(31)35)10-12-36-11-9-25)33(14-15-5-7-16(26)8-6-15)22(30-20)37-17-3-2-4-18(13-17)38-24(27,28)29;1-27-16-15(17(29)26-18(27)30)28(10-11-5-7-12(21)8-6-11)19(25-16)31-13-3-2-4-14(9-13)32-20(22,23)24;5-1-3-7-4-2-6/h2-8,13H,9-12,14H2,1H3;2-9H,10H2,1H3,(H,26,29,30);1-4H2. The van der Waals surface area contributed by atoms with E-state index in [9.17, 15) is 45.5 Å². The van der Waals surface area contributed by atoms with Crippen LogP contribution in [-0.4, -0.2) is 92.9 Å². The molecular formula is C48H43Br3Cl2F6N8O10. The molecule has 4 heterocycles. The van der Waals surface area contributed by atoms with Crippen LogP contribution in [0.25, 0.3) is 22.3 Å². The lowest BCUT2D eigenvalue weighted by atomic mass is 10.2. The summed E-state index contributed by atoms with van der Waals surface area (Å²) in [6.07, 6.45) is -9.76. The van der Waals surface area contributed by atoms with Gasteiger partial charge in [0.05, 0.1) is 46.1 Å². The molecule has 412 valence electrons. The Hall–Kier alpha value is -6.10. The highest BCUT2D eigenvalue weighted by molar-refractivity contribution is 9.09. The number of rotatable bonds is 19. The Kier molecular flexibility index (Phi) is 21.5. The maximum atomic E-state index is 13.5. The highest BCUT2D eigenvalue weighted by Gasteiger charge is 2.32. The van der Waals surface area contributed by atoms with E-state index in [0.717, 1.165) is 68.4 Å². The molecule has 0 aliphatic carbocycles. The van der Waals surface area contributed by atoms with Crippen LogP contribution in [0.1, 0.15) is 11.1 Å². The number of imidazole rings is 2. The lowest BCUT2D eigenvalue weighted by Gasteiger charge is -2.13. The number of aromatic amines is 1. The normalized spacial score (nSPS) is 11.5. The molecular weight excluding hydrogens is 1270 g/mol. The molecule has 4 aromatic heterocycles. The lowest BCUT2D eigenvalue weighted by Crippen LogP contribution is -2.40. The van der Waals surface area contributed by atoms with Crippen LogP contribution >= 0.6 is 71.0 Å². The van der Waals surface area contributed by atoms with Crippen molar-refractivity contribution in [2.24, 2.45) is 14.1 Å². The highest BCUT2D eigenvalue weighted by Crippen LogP contribution is 2.32. The number of H-pyrrole nitrogens is 1. The van der Waals surface area contributed by atoms with Gasteiger partial charge in [0, 0.05) is 52.3 Å². The molecule has 0 unspecified atom stereocenters. The van der Waals surface area contributed by atoms with Crippen LogP contribution in [0, 0.1) is 0 Å². The molecule has 0 saturated heterocycles. The summed E-state index contributed by atoms with van der Waals surface area (Å²) in [4.78, 5) is 61.8. The zero-order valence-corrected chi connectivity index (χ0v) is 46.4. The fourth-order valence-corrected chi connectivity index (χ4v) is 7.90. The quantitative estimate of drug-likeness (QED) is 0.0459. The van der Waals surface area contributed by atoms with E-state index in [2.05, 4.69) is 72.2 Å². The van der Waals surface area contributed by atoms with Crippen molar-refractivity contribution in [1.82, 2.24) is 37.8 Å². The number of halogens is 11. The van der Waals surface area contributed by atoms with E-state index in [0.29, 0.717) is 22.0 Å². The molecule has 29 heteroatoms. The maximum absolute atomic E-state index is 13.5. The summed E-state index contributed by atoms with van der Waals surface area (Å²) in [7, 11) is 2.88. The Morgan fingerprint density at radius 2 is 0.974 bits per heavy atom. The minimum atomic E-state index is -4.89. The Morgan fingerprint density at radius 3 is 1.42 bits per heavy atom. The summed E-state index contributed by atoms with van der Waals surface area (Å²) in [5, 5.41) is 3.49. The second kappa shape index (κ2) is 27.5. The summed E-state index contributed by atoms with van der Waals surface area (Å²) in [5.41, 5.74) is -0.896. The fourth-order valence-electron chi connectivity index (χ4n) is 6.96. The van der Waals surface area contributed by atoms with Gasteiger partial charge in [0.15, 0.2) is 22.3 Å². The van der Waals surface area contributed by atoms with Crippen LogP contribution in [0.15, 0.2) is 116 Å². The van der Waals surface area contributed by atoms with Gasteiger partial charge in [-0.05, 0) is 59.7 Å². The van der Waals surface area contributed by atoms with E-state index in [-0.39, 0.29) is 72.1 Å². The zero-order valence-electron chi connectivity index (χ0n) is 40.2. The van der Waals surface area contributed by atoms with E-state index >= 15 is 0 Å². The van der Waals surface area contributed by atoms with E-state index in [1.54, 1.807) is 48.5 Å². The first kappa shape index (κ1) is 60.1. The smallest absolute Gasteiger partial charge is 0.425 e. The van der Waals surface area contributed by atoms with Crippen LogP contribution in [0.5, 0.6) is 35.0 Å². The number of fused-ring (bicyclic) bond motifs is 2. The van der Waals surface area contributed by atoms with Gasteiger partial charge in [0.2, 0.25) is 0 Å². The van der Waals surface area contributed by atoms with Gasteiger partial charge in [-0.1, -0.05) is 107 Å². The number of benzene rings is 4. The molecule has 0 spiro atoms. The SMILES string of the molecule is BrCCOCCBr.Cn1c(=O)[nH]c(=O)c2c1nc(Oc1cccc(OC(F)(F)F)c1)n2Cc1ccc(Cl)cc1.Cn1c(=O)n(CCOCCBr)c(=O)c2c1nc(Oc1cccc(OC(F)(F)F)c1)n2Cc1ccc(Cl)cc1. The van der Waals surface area contributed by atoms with Crippen molar-refractivity contribution in [3.8, 4) is 35.0 Å². The second-order valence-electron chi connectivity index (χ2n) is 15.7. The number of aromatic nitrogens is 8. The first-order valence-electron chi connectivity index (χ1n) is 22.4. The minimum absolute atomic E-state index is 0.00753. The molecule has 0 atom stereocenters. The first-order valence-corrected chi connectivity index (χ1v) is 26.5. The third-order valence-electron chi connectivity index (χ3n) is 10.3. The number of hydrogen-bond donors (Lipinski definition) is 1. The van der Waals surface area contributed by atoms with Gasteiger partial charge >= 0.3 is 36.1 Å². The third kappa shape index (κ3) is 16.9. The van der Waals surface area contributed by atoms with Crippen molar-refractivity contribution < 1.29 is 54.8 Å². The molecule has 0 aliphatic rings. The fraction of sp³-hybridized carbons (Fsp3) is 0.292. The summed E-state index contributed by atoms with van der Waals surface area (Å²) in [5.74, 6) is -1.01. The van der Waals surface area contributed by atoms with Crippen molar-refractivity contribution in [2.45, 2.75) is 32.4 Å². The van der Waals surface area contributed by atoms with Crippen LogP contribution in [0.3, 0.4) is 0 Å². The van der Waals surface area contributed by atoms with Gasteiger partial charge in [-0.2, -0.15) is 9.97 Å². The number of hydrogen-bond acceptors (Lipinski definition) is 12. The van der Waals surface area contributed by atoms with E-state index in [1.807, 2.05) is 0 Å². The van der Waals surface area contributed by atoms with Gasteiger partial charge in [0.1, 0.15) is 23.0 Å². The van der Waals surface area contributed by atoms with Gasteiger partial charge in [-0.15, -0.1) is 26.3 Å². The number of alkyl halides is 9. The molecule has 0 fully saturated rings. The molecule has 0 radical (unpaired) electrons. The Morgan fingerprint density at radius 1 is 0.558 bits per heavy atom. The molecule has 0 aliphatic heterocycles. The molecule has 18 nitrogen and oxygen atoms in total. The van der Waals surface area contributed by atoms with Crippen LogP contribution in [-0.2, 0) is 43.2 Å². The zero-order chi connectivity index (χ0) is 56.0. The predicted molar refractivity (Wildman–Crippen MR) is 285 cm³/mol. The topological polar surface area (TPSA) is 190 Å². The number of nitrogens with zero attached hydrogens (tertiary/aromatic N) is 7. The van der Waals surface area contributed by atoms with Crippen LogP contribution in [0.4, 0.5) is 26.3 Å². The van der Waals surface area contributed by atoms with E-state index in [1.165, 1.54) is 52.1 Å². The highest BCUT2D eigenvalue weighted by atomic mass is 79.9. The largest absolute Gasteiger partial charge is 0.573 e. The molecule has 1 N–H and O–H groups in total. The molecule has 8 rings (SSSR count). The minimum Gasteiger partial charge on any atom is -0.425 e. The van der Waals surface area contributed by atoms with Crippen LogP contribution in [0.2, 0.25) is 10.0 Å². The Labute approximate surface area is 467 Å². The van der Waals surface area contributed by atoms with Crippen molar-refractivity contribution in [2.75, 3.05) is 42.4 Å². The van der Waals surface area contributed by atoms with Gasteiger partial charge < -0.3 is 28.4 Å². The van der Waals surface area contributed by atoms with Crippen molar-refractivity contribution >= 4 is 93.3 Å². The molecule has 8 aromatic rings. The van der Waals surface area contributed by atoms with Crippen LogP contribution < -0.4 is 41.4 Å². The molecule has 0 bridgehead atoms. The van der Waals surface area contributed by atoms with E-state index in [4.69, 9.17) is 42.1 Å². The van der Waals surface area contributed by atoms with Crippen molar-refractivity contribution in [1.29, 1.82) is 0 Å². The number of nitrogens with one attached hydrogen (secondary N) is 1. The summed E-state index contributed by atoms with van der Waals surface area (Å²) < 4.78 is 112. The lowest BCUT2D eigenvalue weighted by molar-refractivity contribution is -0.275. The Bertz CT molecular complexity index is 3510. The second-order valence-corrected chi connectivity index (χ2v) is 19.0. The molecule has 77 heavy (non-hydrogen) atoms. The van der Waals surface area contributed by atoms with Gasteiger partial charge in [0.25, 0.3) is 11.1 Å². The summed E-state index contributed by atoms with van der Waals surface area (Å²) in [6, 6.07) is 23.1. The predicted octanol–water partition coefficient (Wildman–Crippen LogP) is 10.3. The summed E-state index contributed by atoms with van der Waals surface area (Å²) in [6.45, 7) is 2.37. The maximum Gasteiger partial charge on any atom is 0.573 e. The van der Waals surface area contributed by atoms with Crippen molar-refractivity contribution in [3.05, 3.63) is 160 Å². The monoisotopic (exact) mass is 1310 g/mol. The summed E-state index contributed by atoms with van der Waals surface area (Å²) >= 11 is 21.6. The van der Waals surface area contributed by atoms with E-state index < -0.39 is 46.7 Å². The first-order chi connectivity index (χ1) is 36.6. The van der Waals surface area contributed by atoms with Gasteiger partial charge in [-0.25, -0.2) is 9.59 Å². The molecule has 4 aromatic carbocycles. The third-order valence-corrected chi connectivity index (χ3v) is 11.8. The number of aryl methyl sites for hydroxylation is 2. The average Bonchev–Trinajstić information content (AvgIpc) is 3.91. The number of ether oxygens (including phenoxy) is 6. The van der Waals surface area contributed by atoms with Gasteiger partial charge in [-0.3, -0.25) is 37.4 Å².